The van der Waals surface area contributed by atoms with Gasteiger partial charge in [0.15, 0.2) is 0 Å². The van der Waals surface area contributed by atoms with Gasteiger partial charge in [-0.3, -0.25) is 4.90 Å². The van der Waals surface area contributed by atoms with E-state index in [2.05, 4.69) is 32.6 Å². The smallest absolute Gasteiger partial charge is 0.0753 e. The van der Waals surface area contributed by atoms with Crippen molar-refractivity contribution in [2.45, 2.75) is 45.3 Å². The molecule has 1 saturated heterocycles. The molecule has 84 valence electrons. The van der Waals surface area contributed by atoms with Crippen LogP contribution in [0.3, 0.4) is 0 Å². The Balaban J connectivity index is 2.46. The van der Waals surface area contributed by atoms with Gasteiger partial charge in [0.2, 0.25) is 0 Å². The van der Waals surface area contributed by atoms with Crippen molar-refractivity contribution in [2.75, 3.05) is 26.2 Å². The molecule has 1 heterocycles. The van der Waals surface area contributed by atoms with E-state index < -0.39 is 0 Å². The summed E-state index contributed by atoms with van der Waals surface area (Å²) in [6.45, 7) is 12.3. The van der Waals surface area contributed by atoms with Crippen LogP contribution in [0.15, 0.2) is 0 Å². The molecule has 14 heavy (non-hydrogen) atoms. The first-order valence-electron chi connectivity index (χ1n) is 5.50. The number of nitrogens with zero attached hydrogens (tertiary/aromatic N) is 1. The van der Waals surface area contributed by atoms with Crippen LogP contribution in [-0.2, 0) is 4.74 Å². The summed E-state index contributed by atoms with van der Waals surface area (Å²) in [6, 6.07) is 0. The molecule has 3 heteroatoms. The van der Waals surface area contributed by atoms with Gasteiger partial charge in [-0.25, -0.2) is 0 Å². The van der Waals surface area contributed by atoms with Crippen molar-refractivity contribution >= 4 is 0 Å². The Labute approximate surface area is 87.6 Å². The molecule has 0 aromatic carbocycles. The molecule has 0 aromatic heterocycles. The quantitative estimate of drug-likeness (QED) is 0.744. The van der Waals surface area contributed by atoms with Crippen molar-refractivity contribution in [3.8, 4) is 0 Å². The van der Waals surface area contributed by atoms with Crippen LogP contribution in [0.4, 0.5) is 0 Å². The summed E-state index contributed by atoms with van der Waals surface area (Å²) >= 11 is 0. The SMILES string of the molecule is CCC(C)(N)CN1CCOC(C)(C)C1. The lowest BCUT2D eigenvalue weighted by atomic mass is 9.98. The summed E-state index contributed by atoms with van der Waals surface area (Å²) in [5.74, 6) is 0. The minimum atomic E-state index is -0.0621. The molecule has 1 unspecified atom stereocenters. The van der Waals surface area contributed by atoms with Gasteiger partial charge in [0.1, 0.15) is 0 Å². The Bertz CT molecular complexity index is 190. The Morgan fingerprint density at radius 2 is 2.14 bits per heavy atom. The van der Waals surface area contributed by atoms with E-state index >= 15 is 0 Å². The second kappa shape index (κ2) is 4.17. The van der Waals surface area contributed by atoms with Crippen LogP contribution in [0.2, 0.25) is 0 Å². The van der Waals surface area contributed by atoms with Gasteiger partial charge in [-0.05, 0) is 27.2 Å². The van der Waals surface area contributed by atoms with E-state index in [-0.39, 0.29) is 11.1 Å². The molecule has 1 rings (SSSR count). The Hall–Kier alpha value is -0.120. The van der Waals surface area contributed by atoms with Gasteiger partial charge in [-0.1, -0.05) is 6.92 Å². The maximum absolute atomic E-state index is 6.15. The summed E-state index contributed by atoms with van der Waals surface area (Å²) in [6.07, 6.45) is 1.02. The lowest BCUT2D eigenvalue weighted by Gasteiger charge is -2.41. The molecule has 1 atom stereocenters. The third kappa shape index (κ3) is 3.56. The molecule has 1 aliphatic rings. The number of hydrogen-bond donors (Lipinski definition) is 1. The molecule has 0 radical (unpaired) electrons. The monoisotopic (exact) mass is 200 g/mol. The zero-order valence-electron chi connectivity index (χ0n) is 9.97. The molecule has 0 aromatic rings. The lowest BCUT2D eigenvalue weighted by Crippen LogP contribution is -2.55. The third-order valence-corrected chi connectivity index (χ3v) is 2.90. The number of morpholine rings is 1. The Morgan fingerprint density at radius 3 is 2.64 bits per heavy atom. The summed E-state index contributed by atoms with van der Waals surface area (Å²) in [4.78, 5) is 2.41. The van der Waals surface area contributed by atoms with Crippen LogP contribution >= 0.6 is 0 Å². The Kier molecular flexibility index (Phi) is 3.56. The Morgan fingerprint density at radius 1 is 1.50 bits per heavy atom. The lowest BCUT2D eigenvalue weighted by molar-refractivity contribution is -0.0896. The third-order valence-electron chi connectivity index (χ3n) is 2.90. The second-order valence-corrected chi connectivity index (χ2v) is 5.33. The standard InChI is InChI=1S/C11H24N2O/c1-5-11(4,12)9-13-6-7-14-10(2,3)8-13/h5-9,12H2,1-4H3. The zero-order chi connectivity index (χ0) is 10.8. The van der Waals surface area contributed by atoms with Crippen LogP contribution in [0.1, 0.15) is 34.1 Å². The fraction of sp³-hybridized carbons (Fsp3) is 1.00. The van der Waals surface area contributed by atoms with E-state index in [4.69, 9.17) is 10.5 Å². The molecule has 1 aliphatic heterocycles. The molecule has 0 bridgehead atoms. The predicted octanol–water partition coefficient (Wildman–Crippen LogP) is 1.22. The van der Waals surface area contributed by atoms with Crippen molar-refractivity contribution in [2.24, 2.45) is 5.73 Å². The molecule has 0 amide bonds. The molecular weight excluding hydrogens is 176 g/mol. The van der Waals surface area contributed by atoms with E-state index in [1.54, 1.807) is 0 Å². The van der Waals surface area contributed by atoms with E-state index in [9.17, 15) is 0 Å². The molecular formula is C11H24N2O. The zero-order valence-corrected chi connectivity index (χ0v) is 9.97. The van der Waals surface area contributed by atoms with Crippen molar-refractivity contribution in [3.05, 3.63) is 0 Å². The van der Waals surface area contributed by atoms with Gasteiger partial charge in [0, 0.05) is 25.2 Å². The minimum Gasteiger partial charge on any atom is -0.373 e. The topological polar surface area (TPSA) is 38.5 Å². The predicted molar refractivity (Wildman–Crippen MR) is 59.4 cm³/mol. The number of ether oxygens (including phenoxy) is 1. The highest BCUT2D eigenvalue weighted by molar-refractivity contribution is 4.86. The minimum absolute atomic E-state index is 0.0118. The fourth-order valence-corrected chi connectivity index (χ4v) is 1.87. The first kappa shape index (κ1) is 12.0. The second-order valence-electron chi connectivity index (χ2n) is 5.33. The van der Waals surface area contributed by atoms with Crippen LogP contribution in [0.25, 0.3) is 0 Å². The maximum atomic E-state index is 6.15. The first-order chi connectivity index (χ1) is 6.35. The highest BCUT2D eigenvalue weighted by Gasteiger charge is 2.30. The highest BCUT2D eigenvalue weighted by Crippen LogP contribution is 2.18. The van der Waals surface area contributed by atoms with Gasteiger partial charge < -0.3 is 10.5 Å². The van der Waals surface area contributed by atoms with Crippen molar-refractivity contribution in [3.63, 3.8) is 0 Å². The van der Waals surface area contributed by atoms with Crippen molar-refractivity contribution in [1.29, 1.82) is 0 Å². The number of nitrogens with two attached hydrogens (primary N) is 1. The van der Waals surface area contributed by atoms with Gasteiger partial charge in [-0.2, -0.15) is 0 Å². The van der Waals surface area contributed by atoms with Crippen LogP contribution in [0.5, 0.6) is 0 Å². The molecule has 2 N–H and O–H groups in total. The fourth-order valence-electron chi connectivity index (χ4n) is 1.87. The van der Waals surface area contributed by atoms with Crippen molar-refractivity contribution < 1.29 is 4.74 Å². The molecule has 0 aliphatic carbocycles. The van der Waals surface area contributed by atoms with Crippen LogP contribution in [-0.4, -0.2) is 42.3 Å². The summed E-state index contributed by atoms with van der Waals surface area (Å²) < 4.78 is 5.66. The van der Waals surface area contributed by atoms with Gasteiger partial charge in [0.05, 0.1) is 12.2 Å². The van der Waals surface area contributed by atoms with Crippen LogP contribution < -0.4 is 5.73 Å². The molecule has 0 saturated carbocycles. The largest absolute Gasteiger partial charge is 0.373 e. The summed E-state index contributed by atoms with van der Waals surface area (Å²) in [5, 5.41) is 0. The van der Waals surface area contributed by atoms with Gasteiger partial charge in [0.25, 0.3) is 0 Å². The van der Waals surface area contributed by atoms with Gasteiger partial charge in [-0.15, -0.1) is 0 Å². The van der Waals surface area contributed by atoms with E-state index in [1.807, 2.05) is 0 Å². The average molecular weight is 200 g/mol. The van der Waals surface area contributed by atoms with E-state index in [1.165, 1.54) is 0 Å². The highest BCUT2D eigenvalue weighted by atomic mass is 16.5. The molecule has 0 spiro atoms. The van der Waals surface area contributed by atoms with E-state index in [0.717, 1.165) is 32.7 Å². The van der Waals surface area contributed by atoms with E-state index in [0.29, 0.717) is 0 Å². The van der Waals surface area contributed by atoms with Crippen molar-refractivity contribution in [1.82, 2.24) is 4.90 Å². The molecule has 3 nitrogen and oxygen atoms in total. The molecule has 1 fully saturated rings. The number of hydrogen-bond acceptors (Lipinski definition) is 3. The summed E-state index contributed by atoms with van der Waals surface area (Å²) in [7, 11) is 0. The summed E-state index contributed by atoms with van der Waals surface area (Å²) in [5.41, 5.74) is 6.08. The normalized spacial score (nSPS) is 27.2. The average Bonchev–Trinajstić information content (AvgIpc) is 2.01. The van der Waals surface area contributed by atoms with Gasteiger partial charge >= 0.3 is 0 Å². The van der Waals surface area contributed by atoms with Crippen LogP contribution in [0, 0.1) is 0 Å². The number of rotatable bonds is 3. The maximum Gasteiger partial charge on any atom is 0.0753 e. The first-order valence-corrected chi connectivity index (χ1v) is 5.50.